The van der Waals surface area contributed by atoms with Gasteiger partial charge in [0.05, 0.1) is 5.41 Å². The number of rotatable bonds is 4. The molecule has 2 fully saturated rings. The van der Waals surface area contributed by atoms with E-state index in [1.807, 2.05) is 21.7 Å². The molecule has 1 aromatic carbocycles. The number of hydrogen-bond acceptors (Lipinski definition) is 3. The standard InChI is InChI=1S/C19H20FNO2S/c20-15-3-1-14(2-4-15)19(8-9-19)18(22)21-10-5-16(6-11-21)23-17-7-12-24-13-17/h1-4,7,12-13,16H,5-6,8-11H2. The van der Waals surface area contributed by atoms with Gasteiger partial charge in [-0.15, -0.1) is 11.3 Å². The minimum atomic E-state index is -0.408. The summed E-state index contributed by atoms with van der Waals surface area (Å²) in [7, 11) is 0. The third-order valence-corrected chi connectivity index (χ3v) is 5.74. The first-order valence-electron chi connectivity index (χ1n) is 8.42. The predicted octanol–water partition coefficient (Wildman–Crippen LogP) is 3.99. The van der Waals surface area contributed by atoms with Gasteiger partial charge in [0, 0.05) is 31.3 Å². The average molecular weight is 345 g/mol. The Morgan fingerprint density at radius 3 is 2.46 bits per heavy atom. The summed E-state index contributed by atoms with van der Waals surface area (Å²) in [5.41, 5.74) is 0.542. The second kappa shape index (κ2) is 6.20. The van der Waals surface area contributed by atoms with Crippen molar-refractivity contribution in [2.45, 2.75) is 37.2 Å². The molecule has 1 aliphatic heterocycles. The Labute approximate surface area is 145 Å². The van der Waals surface area contributed by atoms with Crippen LogP contribution in [0.5, 0.6) is 5.75 Å². The third kappa shape index (κ3) is 2.93. The van der Waals surface area contributed by atoms with Gasteiger partial charge < -0.3 is 9.64 Å². The minimum Gasteiger partial charge on any atom is -0.489 e. The van der Waals surface area contributed by atoms with Gasteiger partial charge in [0.2, 0.25) is 5.91 Å². The van der Waals surface area contributed by atoms with E-state index in [0.29, 0.717) is 0 Å². The molecular weight excluding hydrogens is 325 g/mol. The van der Waals surface area contributed by atoms with Crippen molar-refractivity contribution in [2.75, 3.05) is 13.1 Å². The van der Waals surface area contributed by atoms with Crippen molar-refractivity contribution < 1.29 is 13.9 Å². The molecule has 0 atom stereocenters. The maximum atomic E-state index is 13.1. The molecule has 0 spiro atoms. The summed E-state index contributed by atoms with van der Waals surface area (Å²) in [6, 6.07) is 8.39. The van der Waals surface area contributed by atoms with E-state index in [-0.39, 0.29) is 17.8 Å². The summed E-state index contributed by atoms with van der Waals surface area (Å²) in [4.78, 5) is 14.9. The highest BCUT2D eigenvalue weighted by Gasteiger charge is 2.53. The summed E-state index contributed by atoms with van der Waals surface area (Å²) in [5, 5.41) is 4.01. The molecule has 0 bridgehead atoms. The van der Waals surface area contributed by atoms with Crippen LogP contribution in [0.25, 0.3) is 0 Å². The number of likely N-dealkylation sites (tertiary alicyclic amines) is 1. The molecule has 2 aliphatic rings. The number of halogens is 1. The lowest BCUT2D eigenvalue weighted by molar-refractivity contribution is -0.135. The minimum absolute atomic E-state index is 0.185. The van der Waals surface area contributed by atoms with Gasteiger partial charge in [0.25, 0.3) is 0 Å². The van der Waals surface area contributed by atoms with Gasteiger partial charge in [-0.25, -0.2) is 4.39 Å². The van der Waals surface area contributed by atoms with Gasteiger partial charge in [0.15, 0.2) is 0 Å². The number of carbonyl (C=O) groups excluding carboxylic acids is 1. The maximum absolute atomic E-state index is 13.1. The Morgan fingerprint density at radius 1 is 1.17 bits per heavy atom. The third-order valence-electron chi connectivity index (χ3n) is 5.08. The normalized spacial score (nSPS) is 20.0. The molecular formula is C19H20FNO2S. The van der Waals surface area contributed by atoms with Crippen molar-refractivity contribution in [3.63, 3.8) is 0 Å². The molecule has 0 unspecified atom stereocenters. The number of piperidine rings is 1. The van der Waals surface area contributed by atoms with E-state index in [1.54, 1.807) is 23.5 Å². The van der Waals surface area contributed by atoms with Gasteiger partial charge in [0.1, 0.15) is 17.7 Å². The molecule has 2 aromatic rings. The monoisotopic (exact) mass is 345 g/mol. The zero-order chi connectivity index (χ0) is 16.6. The largest absolute Gasteiger partial charge is 0.489 e. The van der Waals surface area contributed by atoms with Crippen LogP contribution in [-0.2, 0) is 10.2 Å². The second-order valence-electron chi connectivity index (χ2n) is 6.66. The SMILES string of the molecule is O=C(N1CCC(Oc2ccsc2)CC1)C1(c2ccc(F)cc2)CC1. The summed E-state index contributed by atoms with van der Waals surface area (Å²) in [6.45, 7) is 1.47. The Kier molecular flexibility index (Phi) is 4.04. The lowest BCUT2D eigenvalue weighted by atomic mass is 9.93. The summed E-state index contributed by atoms with van der Waals surface area (Å²) < 4.78 is 19.1. The first-order valence-corrected chi connectivity index (χ1v) is 9.36. The lowest BCUT2D eigenvalue weighted by Gasteiger charge is -2.34. The van der Waals surface area contributed by atoms with E-state index in [9.17, 15) is 9.18 Å². The van der Waals surface area contributed by atoms with Gasteiger partial charge in [-0.3, -0.25) is 4.79 Å². The number of amides is 1. The van der Waals surface area contributed by atoms with E-state index in [4.69, 9.17) is 4.74 Å². The first-order chi connectivity index (χ1) is 11.7. The van der Waals surface area contributed by atoms with Crippen LogP contribution in [-0.4, -0.2) is 30.0 Å². The van der Waals surface area contributed by atoms with Crippen LogP contribution >= 0.6 is 11.3 Å². The first kappa shape index (κ1) is 15.6. The maximum Gasteiger partial charge on any atom is 0.233 e. The molecule has 0 N–H and O–H groups in total. The highest BCUT2D eigenvalue weighted by molar-refractivity contribution is 7.08. The van der Waals surface area contributed by atoms with Gasteiger partial charge in [-0.2, -0.15) is 0 Å². The molecule has 1 amide bonds. The Bertz CT molecular complexity index is 701. The van der Waals surface area contributed by atoms with Crippen LogP contribution in [0, 0.1) is 5.82 Å². The summed E-state index contributed by atoms with van der Waals surface area (Å²) >= 11 is 1.63. The van der Waals surface area contributed by atoms with Gasteiger partial charge >= 0.3 is 0 Å². The van der Waals surface area contributed by atoms with Crippen LogP contribution < -0.4 is 4.74 Å². The lowest BCUT2D eigenvalue weighted by Crippen LogP contribution is -2.46. The average Bonchev–Trinajstić information content (AvgIpc) is 3.26. The number of carbonyl (C=O) groups is 1. The topological polar surface area (TPSA) is 29.5 Å². The fraction of sp³-hybridized carbons (Fsp3) is 0.421. The number of benzene rings is 1. The van der Waals surface area contributed by atoms with Gasteiger partial charge in [-0.1, -0.05) is 12.1 Å². The Balaban J connectivity index is 1.38. The van der Waals surface area contributed by atoms with Crippen molar-refractivity contribution in [2.24, 2.45) is 0 Å². The molecule has 1 saturated carbocycles. The van der Waals surface area contributed by atoms with Crippen molar-refractivity contribution in [3.8, 4) is 5.75 Å². The summed E-state index contributed by atoms with van der Waals surface area (Å²) in [5.74, 6) is 0.867. The molecule has 1 saturated heterocycles. The van der Waals surface area contributed by atoms with E-state index in [2.05, 4.69) is 0 Å². The Hall–Kier alpha value is -1.88. The zero-order valence-electron chi connectivity index (χ0n) is 13.4. The van der Waals surface area contributed by atoms with Crippen LogP contribution in [0.2, 0.25) is 0 Å². The van der Waals surface area contributed by atoms with E-state index in [0.717, 1.165) is 50.1 Å². The predicted molar refractivity (Wildman–Crippen MR) is 91.9 cm³/mol. The number of hydrogen-bond donors (Lipinski definition) is 0. The highest BCUT2D eigenvalue weighted by atomic mass is 32.1. The number of ether oxygens (including phenoxy) is 1. The number of nitrogens with zero attached hydrogens (tertiary/aromatic N) is 1. The van der Waals surface area contributed by atoms with E-state index >= 15 is 0 Å². The molecule has 3 nitrogen and oxygen atoms in total. The van der Waals surface area contributed by atoms with E-state index < -0.39 is 5.41 Å². The molecule has 126 valence electrons. The molecule has 0 radical (unpaired) electrons. The number of thiophene rings is 1. The summed E-state index contributed by atoms with van der Waals surface area (Å²) in [6.07, 6.45) is 3.64. The molecule has 1 aliphatic carbocycles. The molecule has 2 heterocycles. The van der Waals surface area contributed by atoms with Crippen LogP contribution in [0.4, 0.5) is 4.39 Å². The second-order valence-corrected chi connectivity index (χ2v) is 7.44. The van der Waals surface area contributed by atoms with E-state index in [1.165, 1.54) is 12.1 Å². The smallest absolute Gasteiger partial charge is 0.233 e. The molecule has 24 heavy (non-hydrogen) atoms. The van der Waals surface area contributed by atoms with Crippen LogP contribution in [0.1, 0.15) is 31.2 Å². The molecule has 5 heteroatoms. The van der Waals surface area contributed by atoms with Crippen LogP contribution in [0.3, 0.4) is 0 Å². The zero-order valence-corrected chi connectivity index (χ0v) is 14.2. The molecule has 1 aromatic heterocycles. The Morgan fingerprint density at radius 2 is 1.88 bits per heavy atom. The molecule has 4 rings (SSSR count). The highest BCUT2D eigenvalue weighted by Crippen LogP contribution is 2.50. The van der Waals surface area contributed by atoms with Gasteiger partial charge in [-0.05, 0) is 42.0 Å². The quantitative estimate of drug-likeness (QED) is 0.838. The van der Waals surface area contributed by atoms with Crippen molar-refractivity contribution >= 4 is 17.2 Å². The fourth-order valence-electron chi connectivity index (χ4n) is 3.51. The van der Waals surface area contributed by atoms with Crippen molar-refractivity contribution in [1.29, 1.82) is 0 Å². The van der Waals surface area contributed by atoms with Crippen molar-refractivity contribution in [3.05, 3.63) is 52.5 Å². The fourth-order valence-corrected chi connectivity index (χ4v) is 4.07. The van der Waals surface area contributed by atoms with Crippen molar-refractivity contribution in [1.82, 2.24) is 4.90 Å². The van der Waals surface area contributed by atoms with Crippen LogP contribution in [0.15, 0.2) is 41.1 Å².